The molecule has 3 N–H and O–H groups in total. The van der Waals surface area contributed by atoms with Crippen LogP contribution in [0.1, 0.15) is 51.0 Å². The van der Waals surface area contributed by atoms with E-state index in [1.165, 1.54) is 0 Å². The highest BCUT2D eigenvalue weighted by atomic mass is 19.4. The summed E-state index contributed by atoms with van der Waals surface area (Å²) in [4.78, 5) is 35.2. The second kappa shape index (κ2) is 17.3. The SMILES string of the molecule is CC(C)(NC(=O)[C@H](Cc1ccccc1)C[C@H](O)CN1CCN(C(C)(C)c2cc3cnccc3o2)C[C@H]1C(=O)NCC(F)(F)C(F)(F)F)O[C@@H]1COc2ccccc2C1. The van der Waals surface area contributed by atoms with Gasteiger partial charge in [-0.15, -0.1) is 0 Å². The zero-order valence-electron chi connectivity index (χ0n) is 32.9. The standard InChI is InChI=1S/C42H50F5N5O6/c1-39(2,36-21-30-22-48-15-14-35(30)57-36)52-17-16-51(33(24-52)38(55)49-26-41(43,44)42(45,46)47)23-31(53)19-29(18-27-10-6-5-7-11-27)37(54)50-40(3,4)58-32-20-28-12-8-9-13-34(28)56-25-32/h5-15,21-22,29,31-33,53H,16-20,23-26H2,1-4H3,(H,49,55)(H,50,54)/t29-,31+,32+,33+/m1/s1. The molecule has 0 aliphatic carbocycles. The Balaban J connectivity index is 1.17. The van der Waals surface area contributed by atoms with Crippen LogP contribution in [0, 0.1) is 5.92 Å². The van der Waals surface area contributed by atoms with E-state index >= 15 is 0 Å². The van der Waals surface area contributed by atoms with Crippen molar-refractivity contribution in [2.45, 2.75) is 88.6 Å². The number of hydrogen-bond acceptors (Lipinski definition) is 9. The number of amides is 2. The van der Waals surface area contributed by atoms with Gasteiger partial charge in [-0.25, -0.2) is 0 Å². The van der Waals surface area contributed by atoms with Crippen LogP contribution in [0.2, 0.25) is 0 Å². The molecule has 1 saturated heterocycles. The van der Waals surface area contributed by atoms with Gasteiger partial charge in [0.25, 0.3) is 0 Å². The van der Waals surface area contributed by atoms with E-state index in [1.807, 2.05) is 84.7 Å². The van der Waals surface area contributed by atoms with Gasteiger partial charge in [0.2, 0.25) is 11.8 Å². The Labute approximate surface area is 333 Å². The highest BCUT2D eigenvalue weighted by Crippen LogP contribution is 2.36. The summed E-state index contributed by atoms with van der Waals surface area (Å²) in [5.74, 6) is -6.06. The number of aliphatic hydroxyl groups excluding tert-OH is 1. The van der Waals surface area contributed by atoms with E-state index in [1.54, 1.807) is 37.2 Å². The lowest BCUT2D eigenvalue weighted by atomic mass is 9.91. The number of aliphatic hydroxyl groups is 1. The van der Waals surface area contributed by atoms with Crippen LogP contribution >= 0.6 is 0 Å². The van der Waals surface area contributed by atoms with Crippen LogP contribution in [0.4, 0.5) is 22.0 Å². The van der Waals surface area contributed by atoms with E-state index in [0.29, 0.717) is 30.9 Å². The molecule has 4 atom stereocenters. The molecule has 314 valence electrons. The first-order chi connectivity index (χ1) is 27.3. The van der Waals surface area contributed by atoms with Gasteiger partial charge in [0.1, 0.15) is 35.5 Å². The molecule has 2 aliphatic heterocycles. The molecule has 2 amide bonds. The van der Waals surface area contributed by atoms with Gasteiger partial charge in [-0.05, 0) is 69.9 Å². The summed E-state index contributed by atoms with van der Waals surface area (Å²) in [7, 11) is 0. The number of rotatable bonds is 15. The maximum Gasteiger partial charge on any atom is 0.455 e. The minimum Gasteiger partial charge on any atom is -0.491 e. The number of alkyl halides is 5. The van der Waals surface area contributed by atoms with Gasteiger partial charge < -0.3 is 29.6 Å². The van der Waals surface area contributed by atoms with E-state index in [9.17, 15) is 36.6 Å². The van der Waals surface area contributed by atoms with Gasteiger partial charge >= 0.3 is 12.1 Å². The van der Waals surface area contributed by atoms with Gasteiger partial charge in [0.05, 0.1) is 24.3 Å². The first-order valence-corrected chi connectivity index (χ1v) is 19.3. The smallest absolute Gasteiger partial charge is 0.455 e. The Kier molecular flexibility index (Phi) is 12.8. The number of para-hydroxylation sites is 1. The number of carbonyl (C=O) groups excluding carboxylic acids is 2. The van der Waals surface area contributed by atoms with Crippen molar-refractivity contribution in [3.63, 3.8) is 0 Å². The van der Waals surface area contributed by atoms with Crippen molar-refractivity contribution in [1.29, 1.82) is 0 Å². The fourth-order valence-electron chi connectivity index (χ4n) is 7.63. The Morgan fingerprint density at radius 2 is 1.72 bits per heavy atom. The van der Waals surface area contributed by atoms with Crippen molar-refractivity contribution in [3.8, 4) is 5.75 Å². The molecule has 2 aromatic heterocycles. The van der Waals surface area contributed by atoms with E-state index in [2.05, 4.69) is 10.3 Å². The number of furan rings is 1. The topological polar surface area (TPSA) is 129 Å². The quantitative estimate of drug-likeness (QED) is 0.100. The average Bonchev–Trinajstić information content (AvgIpc) is 3.62. The lowest BCUT2D eigenvalue weighted by molar-refractivity contribution is -0.278. The van der Waals surface area contributed by atoms with Crippen LogP contribution in [-0.2, 0) is 32.7 Å². The Hall–Kier alpha value is -4.64. The molecule has 6 rings (SSSR count). The first kappa shape index (κ1) is 43.0. The number of β-amino-alcohol motifs (C(OH)–C–C–N with tert-alkyl or cyclic N) is 1. The number of carbonyl (C=O) groups is 2. The minimum absolute atomic E-state index is 0.0596. The molecular weight excluding hydrogens is 765 g/mol. The molecule has 0 bridgehead atoms. The van der Waals surface area contributed by atoms with Crippen molar-refractivity contribution in [2.24, 2.45) is 5.92 Å². The molecule has 11 nitrogen and oxygen atoms in total. The highest BCUT2D eigenvalue weighted by molar-refractivity contribution is 5.82. The zero-order valence-corrected chi connectivity index (χ0v) is 32.9. The van der Waals surface area contributed by atoms with Gasteiger partial charge in [0.15, 0.2) is 0 Å². The first-order valence-electron chi connectivity index (χ1n) is 19.3. The largest absolute Gasteiger partial charge is 0.491 e. The number of ether oxygens (including phenoxy) is 2. The van der Waals surface area contributed by atoms with E-state index in [0.717, 1.165) is 22.3 Å². The number of piperazine rings is 1. The normalized spacial score (nSPS) is 19.6. The van der Waals surface area contributed by atoms with Crippen molar-refractivity contribution in [2.75, 3.05) is 39.3 Å². The molecule has 4 aromatic rings. The number of aromatic nitrogens is 1. The Morgan fingerprint density at radius 1 is 1.00 bits per heavy atom. The molecule has 2 aromatic carbocycles. The number of fused-ring (bicyclic) bond motifs is 2. The molecule has 16 heteroatoms. The second-order valence-electron chi connectivity index (χ2n) is 16.1. The summed E-state index contributed by atoms with van der Waals surface area (Å²) in [5, 5.41) is 17.1. The van der Waals surface area contributed by atoms with Gasteiger partial charge in [-0.2, -0.15) is 22.0 Å². The van der Waals surface area contributed by atoms with Gasteiger partial charge in [0, 0.05) is 56.3 Å². The van der Waals surface area contributed by atoms with Crippen molar-refractivity contribution in [3.05, 3.63) is 96.0 Å². The number of nitrogens with one attached hydrogen (secondary N) is 2. The highest BCUT2D eigenvalue weighted by Gasteiger charge is 2.57. The maximum atomic E-state index is 14.0. The monoisotopic (exact) mass is 815 g/mol. The summed E-state index contributed by atoms with van der Waals surface area (Å²) in [5.41, 5.74) is 0.438. The molecule has 0 unspecified atom stereocenters. The Morgan fingerprint density at radius 3 is 2.45 bits per heavy atom. The Bertz CT molecular complexity index is 1990. The van der Waals surface area contributed by atoms with Crippen LogP contribution in [0.5, 0.6) is 5.75 Å². The lowest BCUT2D eigenvalue weighted by Gasteiger charge is -2.47. The second-order valence-corrected chi connectivity index (χ2v) is 16.1. The fraction of sp³-hybridized carbons (Fsp3) is 0.500. The van der Waals surface area contributed by atoms with Crippen LogP contribution < -0.4 is 15.4 Å². The van der Waals surface area contributed by atoms with Crippen molar-refractivity contribution in [1.82, 2.24) is 25.4 Å². The molecule has 1 fully saturated rings. The minimum atomic E-state index is -5.86. The van der Waals surface area contributed by atoms with Gasteiger partial charge in [-0.1, -0.05) is 48.5 Å². The number of nitrogens with zero attached hydrogens (tertiary/aromatic N) is 3. The molecule has 2 aliphatic rings. The molecule has 4 heterocycles. The van der Waals surface area contributed by atoms with Crippen LogP contribution in [0.15, 0.2) is 83.5 Å². The number of pyridine rings is 1. The third-order valence-electron chi connectivity index (χ3n) is 10.8. The average molecular weight is 816 g/mol. The lowest BCUT2D eigenvalue weighted by Crippen LogP contribution is -2.64. The number of halogens is 5. The van der Waals surface area contributed by atoms with Crippen molar-refractivity contribution >= 4 is 22.8 Å². The molecular formula is C42H50F5N5O6. The predicted octanol–water partition coefficient (Wildman–Crippen LogP) is 5.85. The summed E-state index contributed by atoms with van der Waals surface area (Å²) < 4.78 is 85.5. The number of benzene rings is 2. The van der Waals surface area contributed by atoms with Gasteiger partial charge in [-0.3, -0.25) is 24.4 Å². The molecule has 58 heavy (non-hydrogen) atoms. The molecule has 0 spiro atoms. The van der Waals surface area contributed by atoms with E-state index < -0.39 is 53.9 Å². The third-order valence-corrected chi connectivity index (χ3v) is 10.8. The third kappa shape index (κ3) is 10.3. The summed E-state index contributed by atoms with van der Waals surface area (Å²) >= 11 is 0. The summed E-state index contributed by atoms with van der Waals surface area (Å²) in [6, 6.07) is 19.2. The summed E-state index contributed by atoms with van der Waals surface area (Å²) in [6.07, 6.45) is -3.41. The zero-order chi connectivity index (χ0) is 41.9. The van der Waals surface area contributed by atoms with E-state index in [4.69, 9.17) is 13.9 Å². The molecule has 0 radical (unpaired) electrons. The predicted molar refractivity (Wildman–Crippen MR) is 205 cm³/mol. The summed E-state index contributed by atoms with van der Waals surface area (Å²) in [6.45, 7) is 5.73. The van der Waals surface area contributed by atoms with Crippen LogP contribution in [0.3, 0.4) is 0 Å². The maximum absolute atomic E-state index is 14.0. The van der Waals surface area contributed by atoms with Crippen LogP contribution in [0.25, 0.3) is 11.0 Å². The van der Waals surface area contributed by atoms with E-state index in [-0.39, 0.29) is 44.5 Å². The van der Waals surface area contributed by atoms with Crippen LogP contribution in [-0.4, -0.2) is 107 Å². The molecule has 0 saturated carbocycles. The van der Waals surface area contributed by atoms with Crippen molar-refractivity contribution < 1.29 is 50.5 Å². The number of hydrogen-bond donors (Lipinski definition) is 3. The fourth-order valence-corrected chi connectivity index (χ4v) is 7.63.